The predicted molar refractivity (Wildman–Crippen MR) is 186 cm³/mol. The number of benzene rings is 3. The standard InChI is InChI=1S/C37H49N3O7S/c1-26-6-13-32(14-7-26)48(42,43)40-24-36(47-25-28-8-15-35-34(22-28)39(17-19-46-35)16-5-18-44-3)33(29-9-11-31(45-4)12-10-29)23-30(40)20-27(2)21-37(38)41/h6-15,22,27,30,33,36H,5,16-21,23-25H2,1-4H3,(H2,38,41)/t27-,30-,33-,36+/m1/s1. The minimum Gasteiger partial charge on any atom is -0.497 e. The van der Waals surface area contributed by atoms with Crippen LogP contribution in [0.25, 0.3) is 0 Å². The predicted octanol–water partition coefficient (Wildman–Crippen LogP) is 5.27. The van der Waals surface area contributed by atoms with Crippen molar-refractivity contribution in [2.45, 2.75) is 69.1 Å². The Kier molecular flexibility index (Phi) is 12.0. The van der Waals surface area contributed by atoms with Gasteiger partial charge in [0.05, 0.1) is 36.9 Å². The molecule has 3 aromatic rings. The highest BCUT2D eigenvalue weighted by Crippen LogP contribution is 2.40. The fraction of sp³-hybridized carbons (Fsp3) is 0.486. The van der Waals surface area contributed by atoms with E-state index in [9.17, 15) is 13.2 Å². The van der Waals surface area contributed by atoms with Gasteiger partial charge in [-0.15, -0.1) is 0 Å². The first-order valence-electron chi connectivity index (χ1n) is 16.7. The van der Waals surface area contributed by atoms with Gasteiger partial charge in [-0.1, -0.05) is 42.8 Å². The minimum atomic E-state index is -3.88. The summed E-state index contributed by atoms with van der Waals surface area (Å²) in [5.41, 5.74) is 9.58. The molecular weight excluding hydrogens is 630 g/mol. The Bertz CT molecular complexity index is 1610. The Morgan fingerprint density at radius 2 is 1.81 bits per heavy atom. The number of methoxy groups -OCH3 is 2. The zero-order chi connectivity index (χ0) is 34.3. The number of carbonyl (C=O) groups is 1. The molecule has 2 heterocycles. The third-order valence-corrected chi connectivity index (χ3v) is 11.3. The SMILES string of the molecule is COCCCN1CCOc2ccc(CO[C@H]3CN(S(=O)(=O)c4ccc(C)cc4)[C@H](C[C@@H](C)CC(N)=O)C[C@@H]3c3ccc(OC)cc3)cc21. The van der Waals surface area contributed by atoms with Crippen molar-refractivity contribution < 1.29 is 32.2 Å². The van der Waals surface area contributed by atoms with Crippen molar-refractivity contribution in [1.29, 1.82) is 0 Å². The molecule has 11 heteroatoms. The summed E-state index contributed by atoms with van der Waals surface area (Å²) in [5.74, 6) is 0.999. The molecule has 0 radical (unpaired) electrons. The molecule has 1 amide bonds. The van der Waals surface area contributed by atoms with Crippen LogP contribution in [0.4, 0.5) is 5.69 Å². The summed E-state index contributed by atoms with van der Waals surface area (Å²) in [6, 6.07) is 20.6. The van der Waals surface area contributed by atoms with Gasteiger partial charge < -0.3 is 29.6 Å². The minimum absolute atomic E-state index is 0.0956. The number of rotatable bonds is 15. The Morgan fingerprint density at radius 1 is 1.06 bits per heavy atom. The molecule has 4 atom stereocenters. The van der Waals surface area contributed by atoms with Gasteiger partial charge >= 0.3 is 0 Å². The Balaban J connectivity index is 1.46. The maximum Gasteiger partial charge on any atom is 0.243 e. The maximum absolute atomic E-state index is 14.3. The van der Waals surface area contributed by atoms with Crippen LogP contribution in [0.1, 0.15) is 55.2 Å². The Morgan fingerprint density at radius 3 is 2.50 bits per heavy atom. The largest absolute Gasteiger partial charge is 0.497 e. The van der Waals surface area contributed by atoms with Crippen LogP contribution in [0.2, 0.25) is 0 Å². The van der Waals surface area contributed by atoms with Crippen molar-refractivity contribution in [3.05, 3.63) is 83.4 Å². The van der Waals surface area contributed by atoms with E-state index in [-0.39, 0.29) is 35.7 Å². The number of amides is 1. The van der Waals surface area contributed by atoms with Crippen LogP contribution in [-0.2, 0) is 30.9 Å². The first-order chi connectivity index (χ1) is 23.1. The first kappa shape index (κ1) is 35.7. The average molecular weight is 680 g/mol. The number of nitrogens with zero attached hydrogens (tertiary/aromatic N) is 2. The molecule has 48 heavy (non-hydrogen) atoms. The van der Waals surface area contributed by atoms with Crippen LogP contribution in [0.15, 0.2) is 71.6 Å². The summed E-state index contributed by atoms with van der Waals surface area (Å²) in [6.45, 7) is 7.32. The summed E-state index contributed by atoms with van der Waals surface area (Å²) in [7, 11) is -0.536. The lowest BCUT2D eigenvalue weighted by Crippen LogP contribution is -2.52. The second kappa shape index (κ2) is 16.2. The molecule has 0 aromatic heterocycles. The van der Waals surface area contributed by atoms with Gasteiger partial charge in [-0.25, -0.2) is 8.42 Å². The highest BCUT2D eigenvalue weighted by atomic mass is 32.2. The van der Waals surface area contributed by atoms with Gasteiger partial charge in [0.1, 0.15) is 18.1 Å². The van der Waals surface area contributed by atoms with Gasteiger partial charge in [-0.2, -0.15) is 4.31 Å². The highest BCUT2D eigenvalue weighted by Gasteiger charge is 2.43. The van der Waals surface area contributed by atoms with E-state index in [1.54, 1.807) is 30.7 Å². The summed E-state index contributed by atoms with van der Waals surface area (Å²) in [5, 5.41) is 0. The third kappa shape index (κ3) is 8.68. The van der Waals surface area contributed by atoms with E-state index in [1.165, 1.54) is 0 Å². The lowest BCUT2D eigenvalue weighted by molar-refractivity contribution is -0.118. The van der Waals surface area contributed by atoms with Crippen molar-refractivity contribution in [3.63, 3.8) is 0 Å². The van der Waals surface area contributed by atoms with Crippen molar-refractivity contribution in [2.24, 2.45) is 11.7 Å². The molecule has 0 bridgehead atoms. The molecule has 0 spiro atoms. The summed E-state index contributed by atoms with van der Waals surface area (Å²) in [4.78, 5) is 14.4. The number of piperidine rings is 1. The molecule has 0 aliphatic carbocycles. The van der Waals surface area contributed by atoms with Crippen molar-refractivity contribution in [3.8, 4) is 11.5 Å². The number of carbonyl (C=O) groups excluding carboxylic acids is 1. The number of sulfonamides is 1. The zero-order valence-corrected chi connectivity index (χ0v) is 29.3. The number of anilines is 1. The van der Waals surface area contributed by atoms with Crippen LogP contribution < -0.4 is 20.1 Å². The van der Waals surface area contributed by atoms with E-state index < -0.39 is 22.0 Å². The number of hydrogen-bond donors (Lipinski definition) is 1. The van der Waals surface area contributed by atoms with Crippen molar-refractivity contribution >= 4 is 21.6 Å². The van der Waals surface area contributed by atoms with E-state index in [4.69, 9.17) is 24.7 Å². The molecule has 2 aliphatic rings. The molecule has 260 valence electrons. The number of ether oxygens (including phenoxy) is 4. The zero-order valence-electron chi connectivity index (χ0n) is 28.5. The number of primary amides is 1. The molecule has 2 N–H and O–H groups in total. The molecule has 0 saturated carbocycles. The third-order valence-electron chi connectivity index (χ3n) is 9.36. The quantitative estimate of drug-likeness (QED) is 0.216. The molecule has 3 aromatic carbocycles. The van der Waals surface area contributed by atoms with Gasteiger partial charge in [-0.05, 0) is 79.6 Å². The summed E-state index contributed by atoms with van der Waals surface area (Å²) < 4.78 is 53.5. The van der Waals surface area contributed by atoms with E-state index in [0.717, 1.165) is 53.4 Å². The van der Waals surface area contributed by atoms with Crippen molar-refractivity contribution in [2.75, 3.05) is 52.0 Å². The molecule has 1 saturated heterocycles. The first-order valence-corrected chi connectivity index (χ1v) is 18.1. The van der Waals surface area contributed by atoms with E-state index in [0.29, 0.717) is 32.7 Å². The number of aryl methyl sites for hydroxylation is 1. The average Bonchev–Trinajstić information content (AvgIpc) is 3.07. The van der Waals surface area contributed by atoms with Crippen LogP contribution in [0.3, 0.4) is 0 Å². The lowest BCUT2D eigenvalue weighted by Gasteiger charge is -2.44. The number of fused-ring (bicyclic) bond motifs is 1. The van der Waals surface area contributed by atoms with Crippen LogP contribution >= 0.6 is 0 Å². The maximum atomic E-state index is 14.3. The molecule has 10 nitrogen and oxygen atoms in total. The normalized spacial score (nSPS) is 20.5. The van der Waals surface area contributed by atoms with Gasteiger partial charge in [0, 0.05) is 45.2 Å². The van der Waals surface area contributed by atoms with E-state index in [2.05, 4.69) is 11.0 Å². The van der Waals surface area contributed by atoms with Crippen molar-refractivity contribution in [1.82, 2.24) is 4.31 Å². The molecular formula is C37H49N3O7S. The van der Waals surface area contributed by atoms with Gasteiger partial charge in [-0.3, -0.25) is 4.79 Å². The van der Waals surface area contributed by atoms with Gasteiger partial charge in [0.15, 0.2) is 0 Å². The van der Waals surface area contributed by atoms with E-state index in [1.807, 2.05) is 62.4 Å². The fourth-order valence-corrected chi connectivity index (χ4v) is 8.53. The second-order valence-corrected chi connectivity index (χ2v) is 14.9. The Hall–Kier alpha value is -3.64. The summed E-state index contributed by atoms with van der Waals surface area (Å²) in [6.07, 6.45) is 1.68. The van der Waals surface area contributed by atoms with Gasteiger partial charge in [0.25, 0.3) is 0 Å². The monoisotopic (exact) mass is 679 g/mol. The topological polar surface area (TPSA) is 121 Å². The second-order valence-electron chi connectivity index (χ2n) is 13.0. The van der Waals surface area contributed by atoms with E-state index >= 15 is 0 Å². The molecule has 5 rings (SSSR count). The molecule has 0 unspecified atom stereocenters. The summed E-state index contributed by atoms with van der Waals surface area (Å²) >= 11 is 0. The Labute approximate surface area is 285 Å². The van der Waals surface area contributed by atoms with Crippen LogP contribution in [-0.4, -0.2) is 77.8 Å². The lowest BCUT2D eigenvalue weighted by atomic mass is 9.81. The van der Waals surface area contributed by atoms with Crippen LogP contribution in [0, 0.1) is 12.8 Å². The fourth-order valence-electron chi connectivity index (χ4n) is 6.88. The number of nitrogens with two attached hydrogens (primary N) is 1. The molecule has 1 fully saturated rings. The van der Waals surface area contributed by atoms with Crippen LogP contribution in [0.5, 0.6) is 11.5 Å². The smallest absolute Gasteiger partial charge is 0.243 e. The number of hydrogen-bond acceptors (Lipinski definition) is 8. The van der Waals surface area contributed by atoms with Gasteiger partial charge in [0.2, 0.25) is 15.9 Å². The molecule has 2 aliphatic heterocycles. The highest BCUT2D eigenvalue weighted by molar-refractivity contribution is 7.89.